The Hall–Kier alpha value is -1.62. The highest BCUT2D eigenvalue weighted by molar-refractivity contribution is 9.10. The van der Waals surface area contributed by atoms with Gasteiger partial charge in [0.1, 0.15) is 16.6 Å². The summed E-state index contributed by atoms with van der Waals surface area (Å²) in [4.78, 5) is 11.4. The van der Waals surface area contributed by atoms with E-state index in [9.17, 15) is 0 Å². The van der Waals surface area contributed by atoms with Crippen LogP contribution in [0.25, 0.3) is 16.7 Å². The number of aromatic nitrogens is 4. The van der Waals surface area contributed by atoms with Gasteiger partial charge in [0.05, 0.1) is 5.69 Å². The van der Waals surface area contributed by atoms with E-state index in [1.54, 1.807) is 12.5 Å². The number of rotatable bonds is 1. The molecule has 15 heavy (non-hydrogen) atoms. The zero-order chi connectivity index (χ0) is 10.3. The first-order valence-corrected chi connectivity index (χ1v) is 5.26. The molecule has 0 fully saturated rings. The lowest BCUT2D eigenvalue weighted by Crippen LogP contribution is -1.91. The van der Waals surface area contributed by atoms with E-state index in [1.807, 2.05) is 29.1 Å². The average molecular weight is 263 g/mol. The van der Waals surface area contributed by atoms with Crippen LogP contribution >= 0.6 is 15.9 Å². The van der Waals surface area contributed by atoms with Crippen molar-refractivity contribution in [3.63, 3.8) is 0 Å². The highest BCUT2D eigenvalue weighted by atomic mass is 79.9. The third-order valence-electron chi connectivity index (χ3n) is 2.27. The smallest absolute Gasteiger partial charge is 0.139 e. The molecule has 0 saturated carbocycles. The Morgan fingerprint density at radius 3 is 3.00 bits per heavy atom. The van der Waals surface area contributed by atoms with Gasteiger partial charge in [0.25, 0.3) is 0 Å². The molecule has 0 atom stereocenters. The SMILES string of the molecule is Brc1cn(-c2ccnc3[nH]ccc23)cn1. The molecule has 0 amide bonds. The van der Waals surface area contributed by atoms with Gasteiger partial charge in [-0.25, -0.2) is 9.97 Å². The quantitative estimate of drug-likeness (QED) is 0.733. The molecule has 1 N–H and O–H groups in total. The van der Waals surface area contributed by atoms with Gasteiger partial charge in [-0.1, -0.05) is 0 Å². The third kappa shape index (κ3) is 1.35. The average Bonchev–Trinajstić information content (AvgIpc) is 2.84. The van der Waals surface area contributed by atoms with E-state index in [1.165, 1.54) is 0 Å². The summed E-state index contributed by atoms with van der Waals surface area (Å²) in [5, 5.41) is 1.09. The number of hydrogen-bond acceptors (Lipinski definition) is 2. The fourth-order valence-electron chi connectivity index (χ4n) is 1.60. The third-order valence-corrected chi connectivity index (χ3v) is 2.68. The van der Waals surface area contributed by atoms with Gasteiger partial charge in [-0.3, -0.25) is 0 Å². The van der Waals surface area contributed by atoms with Gasteiger partial charge in [-0.2, -0.15) is 0 Å². The molecule has 3 rings (SSSR count). The van der Waals surface area contributed by atoms with Crippen molar-refractivity contribution in [2.24, 2.45) is 0 Å². The first-order chi connectivity index (χ1) is 7.34. The Morgan fingerprint density at radius 1 is 1.27 bits per heavy atom. The summed E-state index contributed by atoms with van der Waals surface area (Å²) in [6.45, 7) is 0. The molecule has 0 aliphatic rings. The summed E-state index contributed by atoms with van der Waals surface area (Å²) in [5.41, 5.74) is 1.96. The van der Waals surface area contributed by atoms with Gasteiger partial charge >= 0.3 is 0 Å². The maximum atomic E-state index is 4.23. The number of pyridine rings is 1. The molecule has 0 bridgehead atoms. The number of fused-ring (bicyclic) bond motifs is 1. The number of H-pyrrole nitrogens is 1. The molecule has 0 spiro atoms. The fraction of sp³-hybridized carbons (Fsp3) is 0. The maximum Gasteiger partial charge on any atom is 0.139 e. The van der Waals surface area contributed by atoms with Gasteiger partial charge in [0.2, 0.25) is 0 Å². The number of imidazole rings is 1. The van der Waals surface area contributed by atoms with Gasteiger partial charge in [0, 0.05) is 24.0 Å². The molecule has 5 heteroatoms. The normalized spacial score (nSPS) is 11.0. The van der Waals surface area contributed by atoms with Crippen LogP contribution in [0.2, 0.25) is 0 Å². The van der Waals surface area contributed by atoms with Crippen molar-refractivity contribution in [1.82, 2.24) is 19.5 Å². The summed E-state index contributed by atoms with van der Waals surface area (Å²) in [5.74, 6) is 0. The van der Waals surface area contributed by atoms with E-state index in [2.05, 4.69) is 30.9 Å². The lowest BCUT2D eigenvalue weighted by atomic mass is 10.3. The second-order valence-corrected chi connectivity index (χ2v) is 3.99. The zero-order valence-corrected chi connectivity index (χ0v) is 9.27. The first-order valence-electron chi connectivity index (χ1n) is 4.46. The van der Waals surface area contributed by atoms with Crippen LogP contribution in [0.4, 0.5) is 0 Å². The largest absolute Gasteiger partial charge is 0.346 e. The van der Waals surface area contributed by atoms with Crippen molar-refractivity contribution < 1.29 is 0 Å². The molecule has 0 aliphatic heterocycles. The molecule has 3 heterocycles. The highest BCUT2D eigenvalue weighted by Gasteiger charge is 2.04. The molecule has 0 radical (unpaired) electrons. The minimum Gasteiger partial charge on any atom is -0.346 e. The van der Waals surface area contributed by atoms with Crippen LogP contribution < -0.4 is 0 Å². The van der Waals surface area contributed by atoms with E-state index in [0.717, 1.165) is 21.3 Å². The van der Waals surface area contributed by atoms with Crippen LogP contribution in [0, 0.1) is 0 Å². The van der Waals surface area contributed by atoms with Crippen LogP contribution in [0.5, 0.6) is 0 Å². The minimum absolute atomic E-state index is 0.822. The minimum atomic E-state index is 0.822. The van der Waals surface area contributed by atoms with Gasteiger partial charge in [-0.15, -0.1) is 0 Å². The van der Waals surface area contributed by atoms with Crippen molar-refractivity contribution in [2.75, 3.05) is 0 Å². The summed E-state index contributed by atoms with van der Waals surface area (Å²) in [6.07, 6.45) is 7.35. The summed E-state index contributed by atoms with van der Waals surface area (Å²) in [6, 6.07) is 3.97. The Bertz CT molecular complexity index is 610. The molecule has 74 valence electrons. The predicted octanol–water partition coefficient (Wildman–Crippen LogP) is 2.51. The standard InChI is InChI=1S/C10H7BrN4/c11-9-5-15(6-14-9)8-2-4-13-10-7(8)1-3-12-10/h1-6H,(H,12,13). The van der Waals surface area contributed by atoms with Gasteiger partial charge < -0.3 is 9.55 Å². The lowest BCUT2D eigenvalue weighted by molar-refractivity contribution is 1.06. The second kappa shape index (κ2) is 3.20. The summed E-state index contributed by atoms with van der Waals surface area (Å²) < 4.78 is 2.78. The molecule has 0 aliphatic carbocycles. The zero-order valence-electron chi connectivity index (χ0n) is 7.68. The van der Waals surface area contributed by atoms with E-state index in [0.29, 0.717) is 0 Å². The van der Waals surface area contributed by atoms with E-state index in [4.69, 9.17) is 0 Å². The first kappa shape index (κ1) is 8.67. The topological polar surface area (TPSA) is 46.5 Å². The molecule has 4 nitrogen and oxygen atoms in total. The van der Waals surface area contributed by atoms with E-state index in [-0.39, 0.29) is 0 Å². The Labute approximate surface area is 94.1 Å². The molecule has 3 aromatic heterocycles. The Balaban J connectivity index is 2.30. The number of halogens is 1. The van der Waals surface area contributed by atoms with Crippen molar-refractivity contribution in [3.8, 4) is 5.69 Å². The molecule has 0 aromatic carbocycles. The van der Waals surface area contributed by atoms with Crippen molar-refractivity contribution in [2.45, 2.75) is 0 Å². The molecule has 0 saturated heterocycles. The molecular formula is C10H7BrN4. The highest BCUT2D eigenvalue weighted by Crippen LogP contribution is 2.20. The number of nitrogens with zero attached hydrogens (tertiary/aromatic N) is 3. The van der Waals surface area contributed by atoms with Crippen LogP contribution in [-0.2, 0) is 0 Å². The number of hydrogen-bond donors (Lipinski definition) is 1. The fourth-order valence-corrected chi connectivity index (χ4v) is 1.91. The molecule has 0 unspecified atom stereocenters. The van der Waals surface area contributed by atoms with Gasteiger partial charge in [-0.05, 0) is 28.1 Å². The van der Waals surface area contributed by atoms with E-state index >= 15 is 0 Å². The van der Waals surface area contributed by atoms with E-state index < -0.39 is 0 Å². The number of nitrogens with one attached hydrogen (secondary N) is 1. The molecular weight excluding hydrogens is 256 g/mol. The summed E-state index contributed by atoms with van der Waals surface area (Å²) in [7, 11) is 0. The van der Waals surface area contributed by atoms with Crippen molar-refractivity contribution in [1.29, 1.82) is 0 Å². The van der Waals surface area contributed by atoms with Crippen LogP contribution in [0.3, 0.4) is 0 Å². The van der Waals surface area contributed by atoms with Crippen molar-refractivity contribution in [3.05, 3.63) is 41.7 Å². The van der Waals surface area contributed by atoms with Gasteiger partial charge in [0.15, 0.2) is 0 Å². The second-order valence-electron chi connectivity index (χ2n) is 3.17. The van der Waals surface area contributed by atoms with Crippen molar-refractivity contribution >= 4 is 27.0 Å². The maximum absolute atomic E-state index is 4.23. The molecule has 3 aromatic rings. The lowest BCUT2D eigenvalue weighted by Gasteiger charge is -2.02. The van der Waals surface area contributed by atoms with Crippen LogP contribution in [-0.4, -0.2) is 19.5 Å². The Morgan fingerprint density at radius 2 is 2.20 bits per heavy atom. The monoisotopic (exact) mass is 262 g/mol. The predicted molar refractivity (Wildman–Crippen MR) is 60.9 cm³/mol. The number of aromatic amines is 1. The summed E-state index contributed by atoms with van der Waals surface area (Å²) >= 11 is 3.33. The van der Waals surface area contributed by atoms with Crippen LogP contribution in [0.15, 0.2) is 41.7 Å². The Kier molecular flexibility index (Phi) is 1.85. The van der Waals surface area contributed by atoms with Crippen LogP contribution in [0.1, 0.15) is 0 Å².